The highest BCUT2D eigenvalue weighted by Crippen LogP contribution is 2.28. The zero-order valence-corrected chi connectivity index (χ0v) is 17.5. The van der Waals surface area contributed by atoms with Crippen LogP contribution in [0.25, 0.3) is 6.08 Å². The van der Waals surface area contributed by atoms with E-state index >= 15 is 0 Å². The summed E-state index contributed by atoms with van der Waals surface area (Å²) in [5.74, 6) is 1.29. The largest absolute Gasteiger partial charge is 0.493 e. The molecule has 0 aliphatic rings. The lowest BCUT2D eigenvalue weighted by Gasteiger charge is -2.11. The number of amides is 1. The van der Waals surface area contributed by atoms with Crippen molar-refractivity contribution in [2.24, 2.45) is 0 Å². The van der Waals surface area contributed by atoms with E-state index in [0.717, 1.165) is 5.56 Å². The van der Waals surface area contributed by atoms with Crippen LogP contribution in [0.3, 0.4) is 0 Å². The third kappa shape index (κ3) is 7.25. The predicted octanol–water partition coefficient (Wildman–Crippen LogP) is 3.13. The molecule has 2 aromatic carbocycles. The van der Waals surface area contributed by atoms with Gasteiger partial charge in [0.25, 0.3) is 5.91 Å². The first-order valence-electron chi connectivity index (χ1n) is 9.59. The summed E-state index contributed by atoms with van der Waals surface area (Å²) >= 11 is 0. The molecule has 0 aromatic heterocycles. The minimum absolute atomic E-state index is 0.0332. The lowest BCUT2D eigenvalue weighted by molar-refractivity contribution is -0.122. The second-order valence-corrected chi connectivity index (χ2v) is 6.22. The number of ether oxygens (including phenoxy) is 4. The van der Waals surface area contributed by atoms with Crippen LogP contribution in [0.4, 0.5) is 0 Å². The van der Waals surface area contributed by atoms with Gasteiger partial charge in [0.1, 0.15) is 12.4 Å². The topological polar surface area (TPSA) is 83.1 Å². The quantitative estimate of drug-likeness (QED) is 0.327. The fourth-order valence-electron chi connectivity index (χ4n) is 2.52. The van der Waals surface area contributed by atoms with Crippen LogP contribution in [0.2, 0.25) is 0 Å². The molecule has 0 saturated carbocycles. The van der Waals surface area contributed by atoms with E-state index in [2.05, 4.69) is 5.32 Å². The standard InChI is InChI=1S/C23H27NO6/c1-4-24-23(26)16-30-19-9-5-17(6-10-19)7-11-20(25)18-8-12-21(22(15-18)28-3)29-14-13-27-2/h5-12,15H,4,13-14,16H2,1-3H3,(H,24,26)/b11-7+. The van der Waals surface area contributed by atoms with Gasteiger partial charge in [-0.3, -0.25) is 9.59 Å². The van der Waals surface area contributed by atoms with Gasteiger partial charge in [-0.15, -0.1) is 0 Å². The van der Waals surface area contributed by atoms with E-state index in [4.69, 9.17) is 18.9 Å². The van der Waals surface area contributed by atoms with Crippen molar-refractivity contribution in [1.82, 2.24) is 5.32 Å². The monoisotopic (exact) mass is 413 g/mol. The molecule has 0 spiro atoms. The zero-order chi connectivity index (χ0) is 21.8. The number of benzene rings is 2. The molecule has 0 heterocycles. The molecule has 0 bridgehead atoms. The van der Waals surface area contributed by atoms with E-state index in [1.54, 1.807) is 43.5 Å². The summed E-state index contributed by atoms with van der Waals surface area (Å²) in [6, 6.07) is 12.2. The molecule has 2 aromatic rings. The summed E-state index contributed by atoms with van der Waals surface area (Å²) < 4.78 is 21.3. The van der Waals surface area contributed by atoms with Gasteiger partial charge < -0.3 is 24.3 Å². The van der Waals surface area contributed by atoms with Crippen molar-refractivity contribution in [3.63, 3.8) is 0 Å². The Morgan fingerprint density at radius 2 is 1.73 bits per heavy atom. The van der Waals surface area contributed by atoms with E-state index < -0.39 is 0 Å². The van der Waals surface area contributed by atoms with Gasteiger partial charge in [-0.05, 0) is 48.9 Å². The fourth-order valence-corrected chi connectivity index (χ4v) is 2.52. The average molecular weight is 413 g/mol. The van der Waals surface area contributed by atoms with Gasteiger partial charge in [0.15, 0.2) is 23.9 Å². The minimum Gasteiger partial charge on any atom is -0.493 e. The highest BCUT2D eigenvalue weighted by molar-refractivity contribution is 6.07. The van der Waals surface area contributed by atoms with Crippen LogP contribution in [0, 0.1) is 0 Å². The zero-order valence-electron chi connectivity index (χ0n) is 17.5. The Kier molecular flexibility index (Phi) is 9.40. The first-order chi connectivity index (χ1) is 14.6. The van der Waals surface area contributed by atoms with Crippen molar-refractivity contribution in [1.29, 1.82) is 0 Å². The highest BCUT2D eigenvalue weighted by atomic mass is 16.5. The molecule has 160 valence electrons. The Hall–Kier alpha value is -3.32. The summed E-state index contributed by atoms with van der Waals surface area (Å²) in [5.41, 5.74) is 1.32. The first kappa shape index (κ1) is 23.0. The molecule has 0 saturated heterocycles. The number of methoxy groups -OCH3 is 2. The highest BCUT2D eigenvalue weighted by Gasteiger charge is 2.09. The van der Waals surface area contributed by atoms with Crippen LogP contribution in [-0.2, 0) is 9.53 Å². The maximum absolute atomic E-state index is 12.5. The SMILES string of the molecule is CCNC(=O)COc1ccc(/C=C/C(=O)c2ccc(OCCOC)c(OC)c2)cc1. The molecule has 1 amide bonds. The van der Waals surface area contributed by atoms with Crippen LogP contribution >= 0.6 is 0 Å². The molecule has 2 rings (SSSR count). The third-order valence-electron chi connectivity index (χ3n) is 4.04. The molecular formula is C23H27NO6. The van der Waals surface area contributed by atoms with Gasteiger partial charge in [0, 0.05) is 19.2 Å². The molecule has 0 atom stereocenters. The molecule has 0 fully saturated rings. The number of carbonyl (C=O) groups is 2. The number of allylic oxidation sites excluding steroid dienone is 1. The van der Waals surface area contributed by atoms with Gasteiger partial charge in [-0.1, -0.05) is 18.2 Å². The van der Waals surface area contributed by atoms with E-state index in [1.807, 2.05) is 19.1 Å². The van der Waals surface area contributed by atoms with Crippen LogP contribution < -0.4 is 19.5 Å². The number of likely N-dealkylation sites (N-methyl/N-ethyl adjacent to an activating group) is 1. The van der Waals surface area contributed by atoms with Crippen LogP contribution in [0.5, 0.6) is 17.2 Å². The predicted molar refractivity (Wildman–Crippen MR) is 114 cm³/mol. The van der Waals surface area contributed by atoms with Crippen LogP contribution in [0.1, 0.15) is 22.8 Å². The number of hydrogen-bond donors (Lipinski definition) is 1. The van der Waals surface area contributed by atoms with Crippen molar-refractivity contribution >= 4 is 17.8 Å². The third-order valence-corrected chi connectivity index (χ3v) is 4.04. The smallest absolute Gasteiger partial charge is 0.257 e. The van der Waals surface area contributed by atoms with Gasteiger partial charge >= 0.3 is 0 Å². The average Bonchev–Trinajstić information content (AvgIpc) is 2.77. The van der Waals surface area contributed by atoms with Gasteiger partial charge in [-0.25, -0.2) is 0 Å². The second kappa shape index (κ2) is 12.3. The summed E-state index contributed by atoms with van der Waals surface area (Å²) in [6.07, 6.45) is 3.20. The van der Waals surface area contributed by atoms with Crippen molar-refractivity contribution in [2.75, 3.05) is 40.6 Å². The number of ketones is 1. The van der Waals surface area contributed by atoms with Crippen molar-refractivity contribution in [3.8, 4) is 17.2 Å². The Balaban J connectivity index is 1.97. The summed E-state index contributed by atoms with van der Waals surface area (Å²) in [5, 5.41) is 2.66. The number of nitrogens with one attached hydrogen (secondary N) is 1. The molecule has 7 heteroatoms. The van der Waals surface area contributed by atoms with Crippen molar-refractivity contribution < 1.29 is 28.5 Å². The minimum atomic E-state index is -0.169. The number of carbonyl (C=O) groups excluding carboxylic acids is 2. The van der Waals surface area contributed by atoms with Gasteiger partial charge in [0.2, 0.25) is 0 Å². The number of rotatable bonds is 12. The van der Waals surface area contributed by atoms with Crippen LogP contribution in [-0.4, -0.2) is 52.3 Å². The van der Waals surface area contributed by atoms with E-state index in [9.17, 15) is 9.59 Å². The maximum Gasteiger partial charge on any atom is 0.257 e. The van der Waals surface area contributed by atoms with Crippen LogP contribution in [0.15, 0.2) is 48.5 Å². The summed E-state index contributed by atoms with van der Waals surface area (Å²) in [7, 11) is 3.12. The Labute approximate surface area is 176 Å². The Morgan fingerprint density at radius 1 is 0.967 bits per heavy atom. The fraction of sp³-hybridized carbons (Fsp3) is 0.304. The molecule has 30 heavy (non-hydrogen) atoms. The first-order valence-corrected chi connectivity index (χ1v) is 9.59. The Bertz CT molecular complexity index is 860. The maximum atomic E-state index is 12.5. The molecule has 7 nitrogen and oxygen atoms in total. The summed E-state index contributed by atoms with van der Waals surface area (Å²) in [6.45, 7) is 3.23. The molecule has 0 aliphatic heterocycles. The normalized spacial score (nSPS) is 10.6. The van der Waals surface area contributed by atoms with Gasteiger partial charge in [-0.2, -0.15) is 0 Å². The summed E-state index contributed by atoms with van der Waals surface area (Å²) in [4.78, 5) is 23.9. The lowest BCUT2D eigenvalue weighted by atomic mass is 10.1. The molecule has 0 aliphatic carbocycles. The molecular weight excluding hydrogens is 386 g/mol. The van der Waals surface area contributed by atoms with Gasteiger partial charge in [0.05, 0.1) is 13.7 Å². The molecule has 0 unspecified atom stereocenters. The van der Waals surface area contributed by atoms with E-state index in [-0.39, 0.29) is 18.3 Å². The van der Waals surface area contributed by atoms with E-state index in [0.29, 0.717) is 42.6 Å². The van der Waals surface area contributed by atoms with Crippen molar-refractivity contribution in [2.45, 2.75) is 6.92 Å². The molecule has 1 N–H and O–H groups in total. The van der Waals surface area contributed by atoms with Crippen molar-refractivity contribution in [3.05, 3.63) is 59.7 Å². The lowest BCUT2D eigenvalue weighted by Crippen LogP contribution is -2.28. The second-order valence-electron chi connectivity index (χ2n) is 6.22. The molecule has 0 radical (unpaired) electrons. The van der Waals surface area contributed by atoms with E-state index in [1.165, 1.54) is 13.2 Å². The Morgan fingerprint density at radius 3 is 2.40 bits per heavy atom. The number of hydrogen-bond acceptors (Lipinski definition) is 6.